The topological polar surface area (TPSA) is 50.4 Å². The molecule has 0 bridgehead atoms. The molecule has 0 saturated carbocycles. The number of benzene rings is 2. The SMILES string of the molecule is COc1cc(NCC(=O)Nc2ccc(Br)cc2)ccc1Cl. The van der Waals surface area contributed by atoms with Crippen LogP contribution in [0.1, 0.15) is 0 Å². The number of amides is 1. The summed E-state index contributed by atoms with van der Waals surface area (Å²) in [6.07, 6.45) is 0. The molecule has 110 valence electrons. The number of ether oxygens (including phenoxy) is 1. The standard InChI is InChI=1S/C15H14BrClN2O2/c1-21-14-8-12(6-7-13(14)17)18-9-15(20)19-11-4-2-10(16)3-5-11/h2-8,18H,9H2,1H3,(H,19,20). The van der Waals surface area contributed by atoms with E-state index in [1.165, 1.54) is 0 Å². The van der Waals surface area contributed by atoms with Gasteiger partial charge >= 0.3 is 0 Å². The lowest BCUT2D eigenvalue weighted by Crippen LogP contribution is -2.21. The van der Waals surface area contributed by atoms with Gasteiger partial charge in [0.05, 0.1) is 18.7 Å². The quantitative estimate of drug-likeness (QED) is 0.832. The van der Waals surface area contributed by atoms with Gasteiger partial charge in [-0.15, -0.1) is 0 Å². The van der Waals surface area contributed by atoms with Crippen molar-refractivity contribution >= 4 is 44.8 Å². The molecule has 2 aromatic rings. The Hall–Kier alpha value is -1.72. The lowest BCUT2D eigenvalue weighted by Gasteiger charge is -2.10. The molecule has 0 unspecified atom stereocenters. The van der Waals surface area contributed by atoms with Crippen molar-refractivity contribution in [2.45, 2.75) is 0 Å². The van der Waals surface area contributed by atoms with Gasteiger partial charge < -0.3 is 15.4 Å². The number of methoxy groups -OCH3 is 1. The zero-order chi connectivity index (χ0) is 15.2. The highest BCUT2D eigenvalue weighted by molar-refractivity contribution is 9.10. The molecule has 0 fully saturated rings. The molecule has 0 aromatic heterocycles. The number of hydrogen-bond acceptors (Lipinski definition) is 3. The van der Waals surface area contributed by atoms with Crippen molar-refractivity contribution in [2.75, 3.05) is 24.3 Å². The normalized spacial score (nSPS) is 10.0. The number of rotatable bonds is 5. The van der Waals surface area contributed by atoms with Crippen LogP contribution >= 0.6 is 27.5 Å². The fourth-order valence-corrected chi connectivity index (χ4v) is 2.15. The average molecular weight is 370 g/mol. The average Bonchev–Trinajstić information content (AvgIpc) is 2.49. The fourth-order valence-electron chi connectivity index (χ4n) is 1.69. The summed E-state index contributed by atoms with van der Waals surface area (Å²) in [5, 5.41) is 6.35. The summed E-state index contributed by atoms with van der Waals surface area (Å²) in [5.41, 5.74) is 1.51. The predicted molar refractivity (Wildman–Crippen MR) is 89.3 cm³/mol. The summed E-state index contributed by atoms with van der Waals surface area (Å²) in [6.45, 7) is 0.154. The summed E-state index contributed by atoms with van der Waals surface area (Å²) >= 11 is 9.29. The van der Waals surface area contributed by atoms with Gasteiger partial charge in [-0.2, -0.15) is 0 Å². The van der Waals surface area contributed by atoms with Crippen LogP contribution in [-0.4, -0.2) is 19.6 Å². The van der Waals surface area contributed by atoms with Gasteiger partial charge in [0.1, 0.15) is 5.75 Å². The van der Waals surface area contributed by atoms with E-state index in [1.54, 1.807) is 25.3 Å². The molecule has 0 saturated heterocycles. The Morgan fingerprint density at radius 2 is 1.86 bits per heavy atom. The largest absolute Gasteiger partial charge is 0.495 e. The van der Waals surface area contributed by atoms with Gasteiger partial charge in [-0.3, -0.25) is 4.79 Å². The Labute approximate surface area is 136 Å². The highest BCUT2D eigenvalue weighted by Crippen LogP contribution is 2.27. The van der Waals surface area contributed by atoms with Crippen LogP contribution in [0.5, 0.6) is 5.75 Å². The van der Waals surface area contributed by atoms with Gasteiger partial charge in [0, 0.05) is 21.9 Å². The summed E-state index contributed by atoms with van der Waals surface area (Å²) < 4.78 is 6.09. The van der Waals surface area contributed by atoms with Gasteiger partial charge in [0.2, 0.25) is 5.91 Å². The minimum atomic E-state index is -0.133. The molecule has 0 heterocycles. The molecule has 6 heteroatoms. The summed E-state index contributed by atoms with van der Waals surface area (Å²) in [4.78, 5) is 11.8. The molecule has 21 heavy (non-hydrogen) atoms. The molecule has 0 atom stereocenters. The molecular formula is C15H14BrClN2O2. The number of hydrogen-bond donors (Lipinski definition) is 2. The van der Waals surface area contributed by atoms with Crippen molar-refractivity contribution in [3.05, 3.63) is 52.0 Å². The fraction of sp³-hybridized carbons (Fsp3) is 0.133. The molecule has 4 nitrogen and oxygen atoms in total. The van der Waals surface area contributed by atoms with Gasteiger partial charge in [-0.25, -0.2) is 0 Å². The molecule has 0 aliphatic rings. The van der Waals surface area contributed by atoms with E-state index < -0.39 is 0 Å². The zero-order valence-corrected chi connectivity index (χ0v) is 13.7. The Balaban J connectivity index is 1.90. The maximum absolute atomic E-state index is 11.8. The van der Waals surface area contributed by atoms with Gasteiger partial charge in [0.25, 0.3) is 0 Å². The van der Waals surface area contributed by atoms with Crippen molar-refractivity contribution in [2.24, 2.45) is 0 Å². The molecule has 0 spiro atoms. The molecule has 0 radical (unpaired) electrons. The summed E-state index contributed by atoms with van der Waals surface area (Å²) in [5.74, 6) is 0.432. The molecule has 2 aromatic carbocycles. The van der Waals surface area contributed by atoms with E-state index in [9.17, 15) is 4.79 Å². The first kappa shape index (κ1) is 15.7. The lowest BCUT2D eigenvalue weighted by molar-refractivity contribution is -0.114. The Kier molecular flexibility index (Phi) is 5.47. The van der Waals surface area contributed by atoms with E-state index in [0.29, 0.717) is 10.8 Å². The van der Waals surface area contributed by atoms with Gasteiger partial charge in [-0.05, 0) is 36.4 Å². The molecule has 2 rings (SSSR count). The highest BCUT2D eigenvalue weighted by atomic mass is 79.9. The Bertz CT molecular complexity index is 632. The third-order valence-electron chi connectivity index (χ3n) is 2.73. The van der Waals surface area contributed by atoms with E-state index in [2.05, 4.69) is 26.6 Å². The lowest BCUT2D eigenvalue weighted by atomic mass is 10.3. The van der Waals surface area contributed by atoms with E-state index >= 15 is 0 Å². The highest BCUT2D eigenvalue weighted by Gasteiger charge is 2.05. The van der Waals surface area contributed by atoms with E-state index in [1.807, 2.05) is 24.3 Å². The molecular weight excluding hydrogens is 356 g/mol. The van der Waals surface area contributed by atoms with Crippen molar-refractivity contribution < 1.29 is 9.53 Å². The van der Waals surface area contributed by atoms with Crippen molar-refractivity contribution in [3.8, 4) is 5.75 Å². The van der Waals surface area contributed by atoms with Crippen molar-refractivity contribution in [3.63, 3.8) is 0 Å². The van der Waals surface area contributed by atoms with Crippen LogP contribution in [0, 0.1) is 0 Å². The predicted octanol–water partition coefficient (Wildman–Crippen LogP) is 4.16. The second kappa shape index (κ2) is 7.33. The van der Waals surface area contributed by atoms with Crippen molar-refractivity contribution in [1.82, 2.24) is 0 Å². The third-order valence-corrected chi connectivity index (χ3v) is 3.57. The first-order valence-corrected chi connectivity index (χ1v) is 7.38. The maximum atomic E-state index is 11.8. The monoisotopic (exact) mass is 368 g/mol. The maximum Gasteiger partial charge on any atom is 0.243 e. The number of halogens is 2. The van der Waals surface area contributed by atoms with E-state index in [4.69, 9.17) is 16.3 Å². The van der Waals surface area contributed by atoms with Crippen LogP contribution in [-0.2, 0) is 4.79 Å². The Morgan fingerprint density at radius 1 is 1.19 bits per heavy atom. The second-order valence-electron chi connectivity index (χ2n) is 4.26. The second-order valence-corrected chi connectivity index (χ2v) is 5.58. The third kappa shape index (κ3) is 4.65. The van der Waals surface area contributed by atoms with Crippen LogP contribution in [0.4, 0.5) is 11.4 Å². The minimum absolute atomic E-state index is 0.133. The molecule has 0 aliphatic heterocycles. The minimum Gasteiger partial charge on any atom is -0.495 e. The first-order valence-electron chi connectivity index (χ1n) is 6.21. The van der Waals surface area contributed by atoms with Crippen LogP contribution in [0.3, 0.4) is 0 Å². The van der Waals surface area contributed by atoms with Crippen LogP contribution < -0.4 is 15.4 Å². The Morgan fingerprint density at radius 3 is 2.52 bits per heavy atom. The van der Waals surface area contributed by atoms with Crippen LogP contribution in [0.15, 0.2) is 46.9 Å². The van der Waals surface area contributed by atoms with Crippen molar-refractivity contribution in [1.29, 1.82) is 0 Å². The van der Waals surface area contributed by atoms with Gasteiger partial charge in [-0.1, -0.05) is 27.5 Å². The van der Waals surface area contributed by atoms with Crippen LogP contribution in [0.2, 0.25) is 5.02 Å². The van der Waals surface area contributed by atoms with E-state index in [0.717, 1.165) is 15.8 Å². The number of carbonyl (C=O) groups is 1. The van der Waals surface area contributed by atoms with E-state index in [-0.39, 0.29) is 12.5 Å². The number of anilines is 2. The van der Waals surface area contributed by atoms with Gasteiger partial charge in [0.15, 0.2) is 0 Å². The zero-order valence-electron chi connectivity index (χ0n) is 11.3. The number of carbonyl (C=O) groups excluding carboxylic acids is 1. The van der Waals surface area contributed by atoms with Crippen LogP contribution in [0.25, 0.3) is 0 Å². The molecule has 2 N–H and O–H groups in total. The smallest absolute Gasteiger partial charge is 0.243 e. The molecule has 1 amide bonds. The molecule has 0 aliphatic carbocycles. The summed E-state index contributed by atoms with van der Waals surface area (Å²) in [6, 6.07) is 12.6. The summed E-state index contributed by atoms with van der Waals surface area (Å²) in [7, 11) is 1.55. The first-order chi connectivity index (χ1) is 10.1. The number of nitrogens with one attached hydrogen (secondary N) is 2.